The standard InChI is InChI=1S/C10H20N2O3S.C10H19N.2C9H19N.2C8H19NO.2C8H17N.C7H13NO2.2C7H17NO/c1-10(2,3)12-6-5-8(7-12)9(13)11-16(4,14)15;1-8(2)11-6-10(7-11)4-9(3)5-10;2*1-8-5-6-10(7-8)9(2,3)4;2*1-5-7(10)6-9-8(2,3)4;2*1-7(2)9-5-4-8(3)6-9;1-5(2)8-3-6(4-8)7(9)10;2*1-6(5-9)8-7(2,3)4/h8H,5-7H2,1-4H3,(H,11,13);8-9H,4-7H2,1-3H3;2*8H,5-7H2,1-4H3;2*7,9-10H,5-6H2,1-4H3;2*7-8H,4-6H2,1-3H3;5-6H,3-4H2,1-2H3,(H,9,10);2*6,8-9H,5H2,1-4H3/t;;8-;;7-;;8-;;;6-;/m..1.0.1..0./s1. The van der Waals surface area contributed by atoms with Gasteiger partial charge in [0.25, 0.3) is 0 Å². The summed E-state index contributed by atoms with van der Waals surface area (Å²) in [4.78, 5) is 39.1. The molecule has 1 aliphatic carbocycles. The first kappa shape index (κ1) is 115. The molecule has 22 heteroatoms. The van der Waals surface area contributed by atoms with E-state index in [1.54, 1.807) is 0 Å². The first-order valence-electron chi connectivity index (χ1n) is 44.6. The maximum atomic E-state index is 11.6. The number of amides is 1. The summed E-state index contributed by atoms with van der Waals surface area (Å²) in [6, 6.07) is 3.19. The third kappa shape index (κ3) is 58.8. The van der Waals surface area contributed by atoms with Crippen LogP contribution in [0.25, 0.3) is 0 Å². The van der Waals surface area contributed by atoms with Gasteiger partial charge in [0.15, 0.2) is 0 Å². The van der Waals surface area contributed by atoms with E-state index in [1.807, 2.05) is 32.4 Å². The summed E-state index contributed by atoms with van der Waals surface area (Å²) in [7, 11) is -3.43. The minimum atomic E-state index is -3.43. The van der Waals surface area contributed by atoms with E-state index in [2.05, 4.69) is 291 Å². The monoisotopic (exact) mass is 1630 g/mol. The molecule has 8 aliphatic rings. The Balaban J connectivity index is -0.00000118. The average molecular weight is 1630 g/mol. The van der Waals surface area contributed by atoms with Crippen LogP contribution in [-0.4, -0.2) is 292 Å². The summed E-state index contributed by atoms with van der Waals surface area (Å²) in [5, 5.41) is 57.0. The van der Waals surface area contributed by atoms with Crippen molar-refractivity contribution in [2.45, 2.75) is 408 Å². The molecular weight excluding hydrogens is 1440 g/mol. The summed E-state index contributed by atoms with van der Waals surface area (Å²) < 4.78 is 23.9. The first-order chi connectivity index (χ1) is 51.0. The molecule has 5 unspecified atom stereocenters. The van der Waals surface area contributed by atoms with Gasteiger partial charge in [0, 0.05) is 147 Å². The lowest BCUT2D eigenvalue weighted by molar-refractivity contribution is -0.148. The Hall–Kier alpha value is -1.71. The van der Waals surface area contributed by atoms with E-state index in [-0.39, 0.29) is 82.9 Å². The molecule has 113 heavy (non-hydrogen) atoms. The zero-order chi connectivity index (χ0) is 89.0. The van der Waals surface area contributed by atoms with E-state index in [9.17, 15) is 18.0 Å². The molecule has 0 aromatic rings. The third-order valence-corrected chi connectivity index (χ3v) is 22.4. The second kappa shape index (κ2) is 53.9. The lowest BCUT2D eigenvalue weighted by Crippen LogP contribution is -2.63. The predicted octanol–water partition coefficient (Wildman–Crippen LogP) is 14.2. The van der Waals surface area contributed by atoms with Crippen LogP contribution in [0.15, 0.2) is 0 Å². The highest BCUT2D eigenvalue weighted by Crippen LogP contribution is 2.52. The molecule has 1 amide bonds. The number of carboxylic acids is 1. The fourth-order valence-electron chi connectivity index (χ4n) is 14.5. The van der Waals surface area contributed by atoms with Crippen molar-refractivity contribution >= 4 is 21.9 Å². The van der Waals surface area contributed by atoms with Gasteiger partial charge in [0.1, 0.15) is 0 Å². The van der Waals surface area contributed by atoms with Crippen LogP contribution in [0.5, 0.6) is 0 Å². The van der Waals surface area contributed by atoms with E-state index in [0.29, 0.717) is 36.8 Å². The molecule has 8 rings (SSSR count). The Morgan fingerprint density at radius 1 is 0.416 bits per heavy atom. The van der Waals surface area contributed by atoms with Crippen molar-refractivity contribution in [3.63, 3.8) is 0 Å². The van der Waals surface area contributed by atoms with Gasteiger partial charge in [0.2, 0.25) is 15.9 Å². The van der Waals surface area contributed by atoms with Crippen LogP contribution in [0.2, 0.25) is 0 Å². The molecule has 9 atom stereocenters. The maximum absolute atomic E-state index is 11.6. The van der Waals surface area contributed by atoms with Crippen LogP contribution < -0.4 is 26.0 Å². The van der Waals surface area contributed by atoms with Gasteiger partial charge < -0.3 is 56.6 Å². The number of carbonyl (C=O) groups excluding carboxylic acids is 1. The number of aliphatic hydroxyl groups is 4. The number of nitrogens with zero attached hydrogens (tertiary/aromatic N) is 7. The molecule has 680 valence electrons. The number of sulfonamides is 1. The lowest BCUT2D eigenvalue weighted by Gasteiger charge is -2.60. The van der Waals surface area contributed by atoms with Crippen molar-refractivity contribution in [2.24, 2.45) is 46.8 Å². The Labute approximate surface area is 701 Å². The molecule has 0 bridgehead atoms. The van der Waals surface area contributed by atoms with Gasteiger partial charge in [0.05, 0.1) is 43.5 Å². The molecule has 8 fully saturated rings. The first-order valence-corrected chi connectivity index (χ1v) is 46.5. The minimum Gasteiger partial charge on any atom is -0.481 e. The molecule has 0 aromatic carbocycles. The fraction of sp³-hybridized carbons (Fsp3) is 0.978. The smallest absolute Gasteiger partial charge is 0.309 e. The van der Waals surface area contributed by atoms with E-state index in [0.717, 1.165) is 98.3 Å². The Morgan fingerprint density at radius 3 is 0.903 bits per heavy atom. The molecule has 1 saturated carbocycles. The number of rotatable bonds is 17. The van der Waals surface area contributed by atoms with Gasteiger partial charge in [-0.15, -0.1) is 0 Å². The topological polar surface area (TPSA) is 252 Å². The molecule has 7 heterocycles. The van der Waals surface area contributed by atoms with Crippen molar-refractivity contribution in [3.8, 4) is 0 Å². The van der Waals surface area contributed by atoms with Gasteiger partial charge in [-0.05, 0) is 340 Å². The molecular formula is C91H196N12O9S. The molecule has 7 saturated heterocycles. The molecule has 0 radical (unpaired) electrons. The molecule has 10 N–H and O–H groups in total. The van der Waals surface area contributed by atoms with Crippen molar-refractivity contribution in [3.05, 3.63) is 0 Å². The summed E-state index contributed by atoms with van der Waals surface area (Å²) >= 11 is 0. The zero-order valence-corrected chi connectivity index (χ0v) is 82.5. The van der Waals surface area contributed by atoms with Gasteiger partial charge in [-0.3, -0.25) is 38.8 Å². The predicted molar refractivity (Wildman–Crippen MR) is 486 cm³/mol. The summed E-state index contributed by atoms with van der Waals surface area (Å²) in [5.74, 6) is 3.37. The van der Waals surface area contributed by atoms with Crippen molar-refractivity contribution in [1.82, 2.24) is 60.3 Å². The van der Waals surface area contributed by atoms with E-state index in [4.69, 9.17) is 25.5 Å². The van der Waals surface area contributed by atoms with E-state index >= 15 is 0 Å². The van der Waals surface area contributed by atoms with Crippen LogP contribution in [0.3, 0.4) is 0 Å². The van der Waals surface area contributed by atoms with Crippen LogP contribution >= 0.6 is 0 Å². The Kier molecular flexibility index (Phi) is 55.1. The van der Waals surface area contributed by atoms with Crippen LogP contribution in [0.4, 0.5) is 0 Å². The summed E-state index contributed by atoms with van der Waals surface area (Å²) in [6.07, 6.45) is 11.5. The third-order valence-electron chi connectivity index (χ3n) is 21.9. The van der Waals surface area contributed by atoms with Gasteiger partial charge >= 0.3 is 5.97 Å². The number of aliphatic hydroxyl groups excluding tert-OH is 4. The average Bonchev–Trinajstić information content (AvgIpc) is 1.33. The van der Waals surface area contributed by atoms with Gasteiger partial charge in [-0.25, -0.2) is 8.42 Å². The molecule has 1 spiro atoms. The van der Waals surface area contributed by atoms with Crippen molar-refractivity contribution in [2.75, 3.05) is 124 Å². The fourth-order valence-corrected chi connectivity index (χ4v) is 15.0. The van der Waals surface area contributed by atoms with Crippen LogP contribution in [0.1, 0.15) is 321 Å². The summed E-state index contributed by atoms with van der Waals surface area (Å²) in [5.41, 5.74) is 2.08. The SMILES string of the molecule is CC(C)(C)N1CCC(C(=O)NS(C)(=O)=O)C1.CC(C)N1CC(C(=O)O)C1.CC(C)N1CC[C@@H](C)C1.CC(CO)NC(C)(C)C.CC1CC2(C1)CN(C(C)C)C2.CC1CCN(C(C)(C)C)C1.CC1CCN(C(C)C)C1.CCC(O)CNC(C)(C)C.CC[C@H](O)CNC(C)(C)C.C[C@@H](CO)NC(C)(C)C.C[C@@H]1CCN(C(C)(C)C)C1. The number of carboxylic acid groups (broad SMARTS) is 1. The second-order valence-electron chi connectivity index (χ2n) is 43.8. The number of aliphatic carboxylic acids is 1. The highest BCUT2D eigenvalue weighted by atomic mass is 32.2. The minimum absolute atomic E-state index is 0.0279. The number of hydrogen-bond donors (Lipinski definition) is 10. The Morgan fingerprint density at radius 2 is 0.717 bits per heavy atom. The zero-order valence-electron chi connectivity index (χ0n) is 81.7. The van der Waals surface area contributed by atoms with Gasteiger partial charge in [-0.1, -0.05) is 48.5 Å². The maximum Gasteiger partial charge on any atom is 0.309 e. The van der Waals surface area contributed by atoms with Crippen molar-refractivity contribution in [1.29, 1.82) is 0 Å². The number of nitrogens with one attached hydrogen (secondary N) is 5. The van der Waals surface area contributed by atoms with Crippen LogP contribution in [-0.2, 0) is 19.6 Å². The van der Waals surface area contributed by atoms with Crippen LogP contribution in [0, 0.1) is 46.8 Å². The second-order valence-corrected chi connectivity index (χ2v) is 45.5. The number of hydrogen-bond acceptors (Lipinski definition) is 19. The number of carbonyl (C=O) groups is 2. The summed E-state index contributed by atoms with van der Waals surface area (Å²) in [6.45, 7) is 101. The van der Waals surface area contributed by atoms with Gasteiger partial charge in [-0.2, -0.15) is 0 Å². The lowest BCUT2D eigenvalue weighted by atomic mass is 9.58. The van der Waals surface area contributed by atoms with Crippen molar-refractivity contribution < 1.29 is 43.5 Å². The molecule has 7 aliphatic heterocycles. The Bertz CT molecular complexity index is 2450. The normalized spacial score (nSPS) is 23.3. The quantitative estimate of drug-likeness (QED) is 0.0650. The number of β-amino-alcohol motifs (C(OH)–C–C–N with tert-alkyl or cyclic N) is 2. The van der Waals surface area contributed by atoms with E-state index in [1.165, 1.54) is 104 Å². The highest BCUT2D eigenvalue weighted by molar-refractivity contribution is 7.89. The largest absolute Gasteiger partial charge is 0.481 e. The highest BCUT2D eigenvalue weighted by Gasteiger charge is 2.51. The number of likely N-dealkylation sites (tertiary alicyclic amines) is 7. The molecule has 21 nitrogen and oxygen atoms in total. The molecule has 0 aromatic heterocycles. The van der Waals surface area contributed by atoms with E-state index < -0.39 is 16.0 Å².